The Bertz CT molecular complexity index is 451. The van der Waals surface area contributed by atoms with Gasteiger partial charge in [0.15, 0.2) is 0 Å². The minimum atomic E-state index is -2.79. The SMILES string of the molecule is NC(=O)CNc1ccc(C(F)F)cc1[N+](=O)[O-]. The van der Waals surface area contributed by atoms with Gasteiger partial charge >= 0.3 is 0 Å². The smallest absolute Gasteiger partial charge is 0.292 e. The van der Waals surface area contributed by atoms with Crippen molar-refractivity contribution in [3.8, 4) is 0 Å². The number of nitro benzene ring substituents is 1. The van der Waals surface area contributed by atoms with E-state index in [1.54, 1.807) is 0 Å². The second-order valence-corrected chi connectivity index (χ2v) is 3.15. The second-order valence-electron chi connectivity index (χ2n) is 3.15. The molecule has 0 radical (unpaired) electrons. The summed E-state index contributed by atoms with van der Waals surface area (Å²) in [4.78, 5) is 20.3. The Morgan fingerprint density at radius 2 is 2.18 bits per heavy atom. The van der Waals surface area contributed by atoms with Gasteiger partial charge in [0.25, 0.3) is 12.1 Å². The van der Waals surface area contributed by atoms with Gasteiger partial charge in [-0.25, -0.2) is 8.78 Å². The van der Waals surface area contributed by atoms with Crippen molar-refractivity contribution < 1.29 is 18.5 Å². The van der Waals surface area contributed by atoms with Crippen molar-refractivity contribution in [3.63, 3.8) is 0 Å². The summed E-state index contributed by atoms with van der Waals surface area (Å²) in [6.45, 7) is -0.311. The Hall–Kier alpha value is -2.25. The van der Waals surface area contributed by atoms with E-state index in [4.69, 9.17) is 5.73 Å². The van der Waals surface area contributed by atoms with E-state index in [-0.39, 0.29) is 12.2 Å². The highest BCUT2D eigenvalue weighted by atomic mass is 19.3. The zero-order valence-electron chi connectivity index (χ0n) is 8.52. The molecular weight excluding hydrogens is 236 g/mol. The fraction of sp³-hybridized carbons (Fsp3) is 0.222. The molecule has 0 atom stereocenters. The Morgan fingerprint density at radius 3 is 2.65 bits per heavy atom. The Kier molecular flexibility index (Phi) is 3.91. The fourth-order valence-electron chi connectivity index (χ4n) is 1.17. The number of anilines is 1. The van der Waals surface area contributed by atoms with Crippen LogP contribution in [-0.4, -0.2) is 17.4 Å². The van der Waals surface area contributed by atoms with Crippen molar-refractivity contribution in [1.82, 2.24) is 0 Å². The lowest BCUT2D eigenvalue weighted by molar-refractivity contribution is -0.384. The molecule has 0 aliphatic carbocycles. The van der Waals surface area contributed by atoms with E-state index >= 15 is 0 Å². The lowest BCUT2D eigenvalue weighted by Gasteiger charge is -2.06. The third kappa shape index (κ3) is 3.37. The molecule has 17 heavy (non-hydrogen) atoms. The number of benzene rings is 1. The van der Waals surface area contributed by atoms with Crippen molar-refractivity contribution in [3.05, 3.63) is 33.9 Å². The first-order valence-corrected chi connectivity index (χ1v) is 4.50. The molecule has 0 spiro atoms. The van der Waals surface area contributed by atoms with Crippen molar-refractivity contribution in [2.75, 3.05) is 11.9 Å². The van der Waals surface area contributed by atoms with Crippen molar-refractivity contribution in [2.45, 2.75) is 6.43 Å². The van der Waals surface area contributed by atoms with Gasteiger partial charge in [-0.2, -0.15) is 0 Å². The Balaban J connectivity index is 3.04. The van der Waals surface area contributed by atoms with Crippen LogP contribution in [0.5, 0.6) is 0 Å². The van der Waals surface area contributed by atoms with Crippen LogP contribution in [-0.2, 0) is 4.79 Å². The van der Waals surface area contributed by atoms with Crippen molar-refractivity contribution in [2.24, 2.45) is 5.73 Å². The summed E-state index contributed by atoms with van der Waals surface area (Å²) >= 11 is 0. The third-order valence-corrected chi connectivity index (χ3v) is 1.92. The van der Waals surface area contributed by atoms with Gasteiger partial charge in [0, 0.05) is 11.6 Å². The monoisotopic (exact) mass is 245 g/mol. The number of carbonyl (C=O) groups is 1. The van der Waals surface area contributed by atoms with E-state index in [0.717, 1.165) is 18.2 Å². The predicted octanol–water partition coefficient (Wildman–Crippen LogP) is 1.43. The van der Waals surface area contributed by atoms with E-state index in [2.05, 4.69) is 5.32 Å². The zero-order valence-corrected chi connectivity index (χ0v) is 8.52. The van der Waals surface area contributed by atoms with E-state index in [0.29, 0.717) is 0 Å². The molecule has 0 saturated carbocycles. The van der Waals surface area contributed by atoms with Gasteiger partial charge in [-0.3, -0.25) is 14.9 Å². The van der Waals surface area contributed by atoms with Gasteiger partial charge in [0.2, 0.25) is 5.91 Å². The number of carbonyl (C=O) groups excluding carboxylic acids is 1. The summed E-state index contributed by atoms with van der Waals surface area (Å²) in [6.07, 6.45) is -2.79. The van der Waals surface area contributed by atoms with E-state index < -0.39 is 28.5 Å². The number of nitrogens with two attached hydrogens (primary N) is 1. The predicted molar refractivity (Wildman–Crippen MR) is 55.7 cm³/mol. The number of rotatable bonds is 5. The van der Waals surface area contributed by atoms with Gasteiger partial charge in [-0.15, -0.1) is 0 Å². The highest BCUT2D eigenvalue weighted by molar-refractivity contribution is 5.80. The molecule has 0 fully saturated rings. The first-order chi connectivity index (χ1) is 7.91. The fourth-order valence-corrected chi connectivity index (χ4v) is 1.17. The first-order valence-electron chi connectivity index (χ1n) is 4.50. The summed E-state index contributed by atoms with van der Waals surface area (Å²) in [5, 5.41) is 13.0. The minimum Gasteiger partial charge on any atom is -0.371 e. The quantitative estimate of drug-likeness (QED) is 0.605. The number of primary amides is 1. The minimum absolute atomic E-state index is 0.0294. The maximum atomic E-state index is 12.3. The van der Waals surface area contributed by atoms with Crippen LogP contribution in [0.4, 0.5) is 20.2 Å². The Morgan fingerprint density at radius 1 is 1.53 bits per heavy atom. The average Bonchev–Trinajstić information content (AvgIpc) is 2.25. The largest absolute Gasteiger partial charge is 0.371 e. The number of alkyl halides is 2. The van der Waals surface area contributed by atoms with Gasteiger partial charge in [-0.1, -0.05) is 6.07 Å². The maximum absolute atomic E-state index is 12.3. The molecule has 0 aliphatic heterocycles. The summed E-state index contributed by atoms with van der Waals surface area (Å²) in [5.41, 5.74) is 3.84. The summed E-state index contributed by atoms with van der Waals surface area (Å²) in [7, 11) is 0. The van der Waals surface area contributed by atoms with E-state index in [9.17, 15) is 23.7 Å². The van der Waals surface area contributed by atoms with Crippen LogP contribution in [0, 0.1) is 10.1 Å². The van der Waals surface area contributed by atoms with Crippen LogP contribution in [0.25, 0.3) is 0 Å². The molecule has 3 N–H and O–H groups in total. The van der Waals surface area contributed by atoms with Crippen LogP contribution >= 0.6 is 0 Å². The average molecular weight is 245 g/mol. The van der Waals surface area contributed by atoms with Crippen LogP contribution in [0.1, 0.15) is 12.0 Å². The normalized spacial score (nSPS) is 10.3. The van der Waals surface area contributed by atoms with Crippen molar-refractivity contribution >= 4 is 17.3 Å². The first kappa shape index (κ1) is 12.8. The Labute approximate surface area is 94.6 Å². The topological polar surface area (TPSA) is 98.3 Å². The van der Waals surface area contributed by atoms with Crippen molar-refractivity contribution in [1.29, 1.82) is 0 Å². The molecule has 1 aromatic carbocycles. The van der Waals surface area contributed by atoms with Gasteiger partial charge < -0.3 is 11.1 Å². The van der Waals surface area contributed by atoms with Gasteiger partial charge in [0.1, 0.15) is 5.69 Å². The summed E-state index contributed by atoms with van der Waals surface area (Å²) < 4.78 is 24.7. The van der Waals surface area contributed by atoms with E-state index in [1.807, 2.05) is 0 Å². The molecule has 1 rings (SSSR count). The number of hydrogen-bond acceptors (Lipinski definition) is 4. The summed E-state index contributed by atoms with van der Waals surface area (Å²) in [6, 6.07) is 2.91. The summed E-state index contributed by atoms with van der Waals surface area (Å²) in [5.74, 6) is -0.711. The molecule has 0 unspecified atom stereocenters. The maximum Gasteiger partial charge on any atom is 0.292 e. The van der Waals surface area contributed by atoms with Crippen LogP contribution < -0.4 is 11.1 Å². The standard InChI is InChI=1S/C9H9F2N3O3/c10-9(11)5-1-2-6(13-4-8(12)15)7(3-5)14(16)17/h1-3,9,13H,4H2,(H2,12,15). The second kappa shape index (κ2) is 5.19. The lowest BCUT2D eigenvalue weighted by Crippen LogP contribution is -2.22. The van der Waals surface area contributed by atoms with Gasteiger partial charge in [0.05, 0.1) is 11.5 Å². The highest BCUT2D eigenvalue weighted by Crippen LogP contribution is 2.29. The molecule has 1 aromatic rings. The number of hydrogen-bond donors (Lipinski definition) is 2. The highest BCUT2D eigenvalue weighted by Gasteiger charge is 2.18. The molecule has 92 valence electrons. The number of amides is 1. The molecule has 0 heterocycles. The number of nitrogens with one attached hydrogen (secondary N) is 1. The molecule has 0 saturated heterocycles. The van der Waals surface area contributed by atoms with E-state index in [1.165, 1.54) is 0 Å². The lowest BCUT2D eigenvalue weighted by atomic mass is 10.2. The molecule has 8 heteroatoms. The molecule has 0 aromatic heterocycles. The third-order valence-electron chi connectivity index (χ3n) is 1.92. The molecule has 0 aliphatic rings. The number of halogens is 2. The molecule has 1 amide bonds. The number of nitrogens with zero attached hydrogens (tertiary/aromatic N) is 1. The zero-order chi connectivity index (χ0) is 13.0. The van der Waals surface area contributed by atoms with Crippen LogP contribution in [0.2, 0.25) is 0 Å². The molecule has 0 bridgehead atoms. The van der Waals surface area contributed by atoms with Crippen LogP contribution in [0.15, 0.2) is 18.2 Å². The van der Waals surface area contributed by atoms with Crippen LogP contribution in [0.3, 0.4) is 0 Å². The van der Waals surface area contributed by atoms with Gasteiger partial charge in [-0.05, 0) is 6.07 Å². The number of nitro groups is 1. The molecule has 6 nitrogen and oxygen atoms in total. The molecular formula is C9H9F2N3O3.